The van der Waals surface area contributed by atoms with Crippen molar-refractivity contribution in [1.82, 2.24) is 0 Å². The Bertz CT molecular complexity index is 400. The zero-order valence-electron chi connectivity index (χ0n) is 9.00. The van der Waals surface area contributed by atoms with Crippen LogP contribution < -0.4 is 11.1 Å². The van der Waals surface area contributed by atoms with Gasteiger partial charge in [-0.05, 0) is 25.0 Å². The van der Waals surface area contributed by atoms with E-state index in [9.17, 15) is 4.79 Å². The second-order valence-corrected chi connectivity index (χ2v) is 4.70. The summed E-state index contributed by atoms with van der Waals surface area (Å²) >= 11 is 5.96. The lowest BCUT2D eigenvalue weighted by Gasteiger charge is -2.22. The van der Waals surface area contributed by atoms with Gasteiger partial charge in [-0.2, -0.15) is 0 Å². The van der Waals surface area contributed by atoms with Crippen LogP contribution in [0.15, 0.2) is 24.3 Å². The number of nitrogens with two attached hydrogens (primary N) is 1. The highest BCUT2D eigenvalue weighted by Crippen LogP contribution is 2.29. The molecule has 1 aliphatic carbocycles. The maximum atomic E-state index is 12.0. The zero-order chi connectivity index (χ0) is 11.6. The van der Waals surface area contributed by atoms with Crippen molar-refractivity contribution < 1.29 is 4.79 Å². The standard InChI is InChI=1S/C12H15ClN2O/c13-9-5-1-2-6-10(9)15-11(16)12(14)7-3-4-8-12/h1-2,5-6H,3-4,7-8,14H2,(H,15,16). The van der Waals surface area contributed by atoms with Crippen molar-refractivity contribution >= 4 is 23.2 Å². The molecule has 1 aromatic rings. The molecule has 1 aliphatic rings. The molecule has 0 radical (unpaired) electrons. The molecule has 16 heavy (non-hydrogen) atoms. The zero-order valence-corrected chi connectivity index (χ0v) is 9.76. The molecular weight excluding hydrogens is 224 g/mol. The van der Waals surface area contributed by atoms with E-state index in [0.29, 0.717) is 10.7 Å². The van der Waals surface area contributed by atoms with Gasteiger partial charge in [-0.1, -0.05) is 36.6 Å². The first-order valence-electron chi connectivity index (χ1n) is 5.47. The lowest BCUT2D eigenvalue weighted by atomic mass is 9.98. The molecule has 2 rings (SSSR count). The number of para-hydroxylation sites is 1. The number of amides is 1. The molecule has 1 aromatic carbocycles. The molecule has 86 valence electrons. The summed E-state index contributed by atoms with van der Waals surface area (Å²) in [5.41, 5.74) is 5.97. The molecule has 0 heterocycles. The summed E-state index contributed by atoms with van der Waals surface area (Å²) in [4.78, 5) is 12.0. The van der Waals surface area contributed by atoms with Crippen molar-refractivity contribution in [2.24, 2.45) is 5.73 Å². The van der Waals surface area contributed by atoms with Crippen LogP contribution >= 0.6 is 11.6 Å². The van der Waals surface area contributed by atoms with Crippen LogP contribution in [-0.4, -0.2) is 11.4 Å². The van der Waals surface area contributed by atoms with Crippen LogP contribution in [0.1, 0.15) is 25.7 Å². The minimum atomic E-state index is -0.709. The van der Waals surface area contributed by atoms with Crippen molar-refractivity contribution in [3.8, 4) is 0 Å². The molecule has 0 aromatic heterocycles. The maximum absolute atomic E-state index is 12.0. The summed E-state index contributed by atoms with van der Waals surface area (Å²) in [5.74, 6) is -0.127. The fraction of sp³-hybridized carbons (Fsp3) is 0.417. The molecule has 3 nitrogen and oxygen atoms in total. The Morgan fingerprint density at radius 2 is 1.94 bits per heavy atom. The maximum Gasteiger partial charge on any atom is 0.244 e. The Labute approximate surface area is 100.0 Å². The molecule has 3 N–H and O–H groups in total. The number of hydrogen-bond acceptors (Lipinski definition) is 2. The van der Waals surface area contributed by atoms with Gasteiger partial charge in [0.1, 0.15) is 0 Å². The molecule has 1 amide bonds. The van der Waals surface area contributed by atoms with Gasteiger partial charge in [-0.25, -0.2) is 0 Å². The molecule has 4 heteroatoms. The Hall–Kier alpha value is -1.06. The summed E-state index contributed by atoms with van der Waals surface area (Å²) < 4.78 is 0. The van der Waals surface area contributed by atoms with E-state index in [-0.39, 0.29) is 5.91 Å². The lowest BCUT2D eigenvalue weighted by molar-refractivity contribution is -0.121. The predicted octanol–water partition coefficient (Wildman–Crippen LogP) is 2.55. The van der Waals surface area contributed by atoms with Crippen LogP contribution in [0.3, 0.4) is 0 Å². The Balaban J connectivity index is 2.10. The van der Waals surface area contributed by atoms with Gasteiger partial charge in [0.15, 0.2) is 0 Å². The Morgan fingerprint density at radius 1 is 1.31 bits per heavy atom. The van der Waals surface area contributed by atoms with Crippen molar-refractivity contribution in [1.29, 1.82) is 0 Å². The number of carbonyl (C=O) groups is 1. The average Bonchev–Trinajstić information content (AvgIpc) is 2.70. The van der Waals surface area contributed by atoms with E-state index < -0.39 is 5.54 Å². The van der Waals surface area contributed by atoms with Crippen LogP contribution in [0.2, 0.25) is 5.02 Å². The quantitative estimate of drug-likeness (QED) is 0.832. The van der Waals surface area contributed by atoms with Crippen molar-refractivity contribution in [3.05, 3.63) is 29.3 Å². The third kappa shape index (κ3) is 2.20. The van der Waals surface area contributed by atoms with E-state index in [1.807, 2.05) is 12.1 Å². The molecular formula is C12H15ClN2O. The minimum absolute atomic E-state index is 0.127. The highest BCUT2D eigenvalue weighted by atomic mass is 35.5. The minimum Gasteiger partial charge on any atom is -0.323 e. The normalized spacial score (nSPS) is 18.4. The number of anilines is 1. The van der Waals surface area contributed by atoms with Gasteiger partial charge < -0.3 is 11.1 Å². The molecule has 0 spiro atoms. The second kappa shape index (κ2) is 4.44. The summed E-state index contributed by atoms with van der Waals surface area (Å²) in [7, 11) is 0. The third-order valence-corrected chi connectivity index (χ3v) is 3.40. The van der Waals surface area contributed by atoms with Gasteiger partial charge in [0.2, 0.25) is 5.91 Å². The lowest BCUT2D eigenvalue weighted by Crippen LogP contribution is -2.48. The molecule has 1 saturated carbocycles. The summed E-state index contributed by atoms with van der Waals surface area (Å²) in [5, 5.41) is 3.34. The first kappa shape index (κ1) is 11.4. The first-order valence-corrected chi connectivity index (χ1v) is 5.84. The van der Waals surface area contributed by atoms with Crippen LogP contribution in [0.5, 0.6) is 0 Å². The summed E-state index contributed by atoms with van der Waals surface area (Å²) in [6, 6.07) is 7.18. The predicted molar refractivity (Wildman–Crippen MR) is 65.5 cm³/mol. The number of benzene rings is 1. The highest BCUT2D eigenvalue weighted by Gasteiger charge is 2.37. The van der Waals surface area contributed by atoms with Gasteiger partial charge in [-0.15, -0.1) is 0 Å². The monoisotopic (exact) mass is 238 g/mol. The van der Waals surface area contributed by atoms with Crippen LogP contribution in [0.4, 0.5) is 5.69 Å². The smallest absolute Gasteiger partial charge is 0.244 e. The van der Waals surface area contributed by atoms with Crippen molar-refractivity contribution in [3.63, 3.8) is 0 Å². The number of carbonyl (C=O) groups excluding carboxylic acids is 1. The van der Waals surface area contributed by atoms with Crippen molar-refractivity contribution in [2.45, 2.75) is 31.2 Å². The van der Waals surface area contributed by atoms with Gasteiger partial charge in [0.05, 0.1) is 16.2 Å². The largest absolute Gasteiger partial charge is 0.323 e. The number of hydrogen-bond donors (Lipinski definition) is 2. The topological polar surface area (TPSA) is 55.1 Å². The number of halogens is 1. The van der Waals surface area contributed by atoms with Gasteiger partial charge in [0.25, 0.3) is 0 Å². The SMILES string of the molecule is NC1(C(=O)Nc2ccccc2Cl)CCCC1. The van der Waals surface area contributed by atoms with E-state index in [0.717, 1.165) is 25.7 Å². The Kier molecular flexibility index (Phi) is 3.17. The summed E-state index contributed by atoms with van der Waals surface area (Å²) in [6.45, 7) is 0. The van der Waals surface area contributed by atoms with Crippen LogP contribution in [0.25, 0.3) is 0 Å². The average molecular weight is 239 g/mol. The molecule has 1 fully saturated rings. The van der Waals surface area contributed by atoms with E-state index in [2.05, 4.69) is 5.32 Å². The van der Waals surface area contributed by atoms with Gasteiger partial charge >= 0.3 is 0 Å². The van der Waals surface area contributed by atoms with E-state index in [4.69, 9.17) is 17.3 Å². The second-order valence-electron chi connectivity index (χ2n) is 4.30. The number of nitrogens with one attached hydrogen (secondary N) is 1. The fourth-order valence-corrected chi connectivity index (χ4v) is 2.23. The van der Waals surface area contributed by atoms with Gasteiger partial charge in [0, 0.05) is 0 Å². The highest BCUT2D eigenvalue weighted by molar-refractivity contribution is 6.33. The third-order valence-electron chi connectivity index (χ3n) is 3.07. The van der Waals surface area contributed by atoms with Crippen LogP contribution in [0, 0.1) is 0 Å². The van der Waals surface area contributed by atoms with Crippen LogP contribution in [-0.2, 0) is 4.79 Å². The number of rotatable bonds is 2. The van der Waals surface area contributed by atoms with E-state index in [1.165, 1.54) is 0 Å². The summed E-state index contributed by atoms with van der Waals surface area (Å²) in [6.07, 6.45) is 3.55. The molecule has 0 unspecified atom stereocenters. The Morgan fingerprint density at radius 3 is 2.56 bits per heavy atom. The van der Waals surface area contributed by atoms with E-state index in [1.54, 1.807) is 12.1 Å². The van der Waals surface area contributed by atoms with Gasteiger partial charge in [-0.3, -0.25) is 4.79 Å². The molecule has 0 bridgehead atoms. The molecule has 0 saturated heterocycles. The fourth-order valence-electron chi connectivity index (χ4n) is 2.04. The van der Waals surface area contributed by atoms with Crippen molar-refractivity contribution in [2.75, 3.05) is 5.32 Å². The van der Waals surface area contributed by atoms with E-state index >= 15 is 0 Å². The first-order chi connectivity index (χ1) is 7.62. The molecule has 0 atom stereocenters. The molecule has 0 aliphatic heterocycles.